The number of nitrogen functional groups attached to an aromatic ring is 1. The summed E-state index contributed by atoms with van der Waals surface area (Å²) in [6.45, 7) is 2.20. The highest BCUT2D eigenvalue weighted by Gasteiger charge is 2.31. The van der Waals surface area contributed by atoms with Crippen molar-refractivity contribution in [1.82, 2.24) is 0 Å². The lowest BCUT2D eigenvalue weighted by Crippen LogP contribution is -2.18. The number of thioether (sulfide) groups is 1. The molecular formula is C15H19F3N2S. The molecule has 1 aliphatic rings. The molecule has 6 heteroatoms. The molecule has 1 aliphatic carbocycles. The monoisotopic (exact) mass is 316 g/mol. The second kappa shape index (κ2) is 6.30. The van der Waals surface area contributed by atoms with Gasteiger partial charge in [-0.3, -0.25) is 5.41 Å². The largest absolute Gasteiger partial charge is 0.416 e. The summed E-state index contributed by atoms with van der Waals surface area (Å²) in [5.74, 6) is 0.332. The molecule has 3 N–H and O–H groups in total. The van der Waals surface area contributed by atoms with Crippen molar-refractivity contribution >= 4 is 17.6 Å². The Bertz CT molecular complexity index is 528. The van der Waals surface area contributed by atoms with Crippen LogP contribution >= 0.6 is 11.8 Å². The van der Waals surface area contributed by atoms with Crippen LogP contribution in [-0.2, 0) is 6.18 Å². The molecule has 1 fully saturated rings. The summed E-state index contributed by atoms with van der Waals surface area (Å²) in [5.41, 5.74) is 4.89. The van der Waals surface area contributed by atoms with Gasteiger partial charge in [0, 0.05) is 15.7 Å². The van der Waals surface area contributed by atoms with Crippen molar-refractivity contribution < 1.29 is 13.2 Å². The summed E-state index contributed by atoms with van der Waals surface area (Å²) < 4.78 is 38.3. The van der Waals surface area contributed by atoms with Gasteiger partial charge in [0.2, 0.25) is 0 Å². The summed E-state index contributed by atoms with van der Waals surface area (Å²) in [6.07, 6.45) is 0.0711. The van der Waals surface area contributed by atoms with Gasteiger partial charge < -0.3 is 5.73 Å². The molecular weight excluding hydrogens is 297 g/mol. The Balaban J connectivity index is 2.24. The molecule has 0 saturated heterocycles. The normalized spacial score (nSPS) is 23.0. The van der Waals surface area contributed by atoms with Crippen molar-refractivity contribution in [3.63, 3.8) is 0 Å². The molecule has 0 aromatic heterocycles. The minimum atomic E-state index is -4.41. The summed E-state index contributed by atoms with van der Waals surface area (Å²) in [5, 5.41) is 7.92. The standard InChI is InChI=1S/C15H19F3N2S/c1-9-3-2-4-11(7-9)21-13-6-5-10(15(16,17)18)8-12(13)14(19)20/h5-6,8-9,11H,2-4,7H2,1H3,(H3,19,20). The number of nitrogens with two attached hydrogens (primary N) is 1. The maximum absolute atomic E-state index is 12.8. The van der Waals surface area contributed by atoms with Gasteiger partial charge in [0.25, 0.3) is 0 Å². The highest BCUT2D eigenvalue weighted by molar-refractivity contribution is 8.00. The van der Waals surface area contributed by atoms with Crippen molar-refractivity contribution in [1.29, 1.82) is 5.41 Å². The summed E-state index contributed by atoms with van der Waals surface area (Å²) in [7, 11) is 0. The first kappa shape index (κ1) is 16.2. The molecule has 0 radical (unpaired) electrons. The van der Waals surface area contributed by atoms with E-state index in [9.17, 15) is 13.2 Å². The number of hydrogen-bond acceptors (Lipinski definition) is 2. The fourth-order valence-corrected chi connectivity index (χ4v) is 4.20. The predicted molar refractivity (Wildman–Crippen MR) is 79.7 cm³/mol. The van der Waals surface area contributed by atoms with Crippen molar-refractivity contribution in [2.45, 2.75) is 48.9 Å². The van der Waals surface area contributed by atoms with Crippen LogP contribution in [0.5, 0.6) is 0 Å². The van der Waals surface area contributed by atoms with Crippen LogP contribution < -0.4 is 5.73 Å². The second-order valence-corrected chi connectivity index (χ2v) is 6.98. The minimum Gasteiger partial charge on any atom is -0.384 e. The van der Waals surface area contributed by atoms with Crippen molar-refractivity contribution in [2.75, 3.05) is 0 Å². The van der Waals surface area contributed by atoms with Crippen molar-refractivity contribution in [3.8, 4) is 0 Å². The summed E-state index contributed by atoms with van der Waals surface area (Å²) in [6, 6.07) is 3.50. The van der Waals surface area contributed by atoms with Gasteiger partial charge in [-0.1, -0.05) is 19.8 Å². The van der Waals surface area contributed by atoms with Crippen LogP contribution in [0.4, 0.5) is 13.2 Å². The smallest absolute Gasteiger partial charge is 0.384 e. The Kier molecular flexibility index (Phi) is 4.86. The Morgan fingerprint density at radius 3 is 2.62 bits per heavy atom. The van der Waals surface area contributed by atoms with E-state index in [1.807, 2.05) is 0 Å². The maximum atomic E-state index is 12.8. The van der Waals surface area contributed by atoms with Crippen LogP contribution in [0, 0.1) is 11.3 Å². The zero-order valence-corrected chi connectivity index (χ0v) is 12.7. The fraction of sp³-hybridized carbons (Fsp3) is 0.533. The minimum absolute atomic E-state index is 0.188. The van der Waals surface area contributed by atoms with E-state index in [0.717, 1.165) is 31.4 Å². The molecule has 0 aliphatic heterocycles. The lowest BCUT2D eigenvalue weighted by atomic mass is 9.91. The highest BCUT2D eigenvalue weighted by Crippen LogP contribution is 2.39. The highest BCUT2D eigenvalue weighted by atomic mass is 32.2. The first-order valence-electron chi connectivity index (χ1n) is 6.99. The zero-order valence-electron chi connectivity index (χ0n) is 11.8. The number of amidine groups is 1. The van der Waals surface area contributed by atoms with E-state index in [1.165, 1.54) is 12.5 Å². The Labute approximate surface area is 126 Å². The number of benzene rings is 1. The van der Waals surface area contributed by atoms with E-state index < -0.39 is 11.7 Å². The lowest BCUT2D eigenvalue weighted by molar-refractivity contribution is -0.137. The zero-order chi connectivity index (χ0) is 15.6. The number of hydrogen-bond donors (Lipinski definition) is 2. The first-order chi connectivity index (χ1) is 9.77. The summed E-state index contributed by atoms with van der Waals surface area (Å²) in [4.78, 5) is 0.676. The molecule has 0 heterocycles. The molecule has 2 unspecified atom stereocenters. The van der Waals surface area contributed by atoms with Gasteiger partial charge in [-0.15, -0.1) is 11.8 Å². The molecule has 1 aromatic rings. The third-order valence-electron chi connectivity index (χ3n) is 3.78. The van der Waals surface area contributed by atoms with Gasteiger partial charge in [-0.2, -0.15) is 13.2 Å². The Morgan fingerprint density at radius 2 is 2.05 bits per heavy atom. The Hall–Kier alpha value is -1.17. The van der Waals surface area contributed by atoms with Crippen LogP contribution in [0.2, 0.25) is 0 Å². The van der Waals surface area contributed by atoms with Gasteiger partial charge in [-0.25, -0.2) is 0 Å². The fourth-order valence-electron chi connectivity index (χ4n) is 2.68. The van der Waals surface area contributed by atoms with Gasteiger partial charge in [-0.05, 0) is 37.0 Å². The first-order valence-corrected chi connectivity index (χ1v) is 7.87. The molecule has 1 saturated carbocycles. The number of nitrogens with one attached hydrogen (secondary N) is 1. The average Bonchev–Trinajstić information content (AvgIpc) is 2.37. The number of rotatable bonds is 3. The molecule has 21 heavy (non-hydrogen) atoms. The van der Waals surface area contributed by atoms with Gasteiger partial charge in [0.1, 0.15) is 5.84 Å². The second-order valence-electron chi connectivity index (χ2n) is 5.63. The third kappa shape index (κ3) is 4.15. The van der Waals surface area contributed by atoms with Crippen molar-refractivity contribution in [3.05, 3.63) is 29.3 Å². The maximum Gasteiger partial charge on any atom is 0.416 e. The quantitative estimate of drug-likeness (QED) is 0.629. The molecule has 2 atom stereocenters. The van der Waals surface area contributed by atoms with Crippen LogP contribution in [0.1, 0.15) is 43.7 Å². The molecule has 2 rings (SSSR count). The van der Waals surface area contributed by atoms with E-state index in [1.54, 1.807) is 11.8 Å². The number of alkyl halides is 3. The van der Waals surface area contributed by atoms with Gasteiger partial charge in [0.15, 0.2) is 0 Å². The molecule has 0 spiro atoms. The molecule has 116 valence electrons. The molecule has 2 nitrogen and oxygen atoms in total. The van der Waals surface area contributed by atoms with Crippen LogP contribution in [0.25, 0.3) is 0 Å². The third-order valence-corrected chi connectivity index (χ3v) is 5.15. The van der Waals surface area contributed by atoms with E-state index >= 15 is 0 Å². The van der Waals surface area contributed by atoms with Crippen LogP contribution in [-0.4, -0.2) is 11.1 Å². The van der Waals surface area contributed by atoms with E-state index in [-0.39, 0.29) is 11.4 Å². The van der Waals surface area contributed by atoms with E-state index in [0.29, 0.717) is 16.1 Å². The molecule has 0 bridgehead atoms. The van der Waals surface area contributed by atoms with E-state index in [2.05, 4.69) is 6.92 Å². The van der Waals surface area contributed by atoms with Crippen molar-refractivity contribution in [2.24, 2.45) is 11.7 Å². The topological polar surface area (TPSA) is 49.9 Å². The predicted octanol–water partition coefficient (Wildman–Crippen LogP) is 4.66. The van der Waals surface area contributed by atoms with Crippen LogP contribution in [0.3, 0.4) is 0 Å². The molecule has 0 amide bonds. The number of halogens is 3. The SMILES string of the molecule is CC1CCCC(Sc2ccc(C(F)(F)F)cc2C(=N)N)C1. The van der Waals surface area contributed by atoms with Gasteiger partial charge in [0.05, 0.1) is 5.56 Å². The average molecular weight is 316 g/mol. The Morgan fingerprint density at radius 1 is 1.33 bits per heavy atom. The summed E-state index contributed by atoms with van der Waals surface area (Å²) >= 11 is 1.55. The van der Waals surface area contributed by atoms with E-state index in [4.69, 9.17) is 11.1 Å². The lowest BCUT2D eigenvalue weighted by Gasteiger charge is -2.27. The van der Waals surface area contributed by atoms with Gasteiger partial charge >= 0.3 is 6.18 Å². The van der Waals surface area contributed by atoms with Crippen LogP contribution in [0.15, 0.2) is 23.1 Å². The molecule has 1 aromatic carbocycles.